The van der Waals surface area contributed by atoms with Crippen molar-refractivity contribution in [3.63, 3.8) is 0 Å². The quantitative estimate of drug-likeness (QED) is 0.799. The molecule has 102 valence electrons. The molecule has 0 amide bonds. The summed E-state index contributed by atoms with van der Waals surface area (Å²) >= 11 is 0. The Hall–Kier alpha value is -1.82. The predicted molar refractivity (Wildman–Crippen MR) is 64.0 cm³/mol. The van der Waals surface area contributed by atoms with Crippen molar-refractivity contribution >= 4 is 11.9 Å². The lowest BCUT2D eigenvalue weighted by Crippen LogP contribution is -2.04. The summed E-state index contributed by atoms with van der Waals surface area (Å²) in [6.45, 7) is 3.67. The molecule has 0 radical (unpaired) electrons. The van der Waals surface area contributed by atoms with Crippen LogP contribution >= 0.6 is 0 Å². The van der Waals surface area contributed by atoms with E-state index in [2.05, 4.69) is 0 Å². The highest BCUT2D eigenvalue weighted by Crippen LogP contribution is 2.24. The van der Waals surface area contributed by atoms with E-state index in [4.69, 9.17) is 14.6 Å². The van der Waals surface area contributed by atoms with E-state index >= 15 is 0 Å². The van der Waals surface area contributed by atoms with E-state index in [1.54, 1.807) is 6.92 Å². The molecule has 1 aromatic rings. The van der Waals surface area contributed by atoms with Gasteiger partial charge in [-0.15, -0.1) is 0 Å². The van der Waals surface area contributed by atoms with Gasteiger partial charge < -0.3 is 20.1 Å². The molecule has 1 aromatic heterocycles. The Balaban J connectivity index is 0.00000289. The molecular weight excluding hydrogens is 240 g/mol. The minimum Gasteiger partial charge on any atom is -0.481 e. The van der Waals surface area contributed by atoms with Crippen molar-refractivity contribution in [2.75, 3.05) is 0 Å². The van der Waals surface area contributed by atoms with Gasteiger partial charge in [-0.3, -0.25) is 4.79 Å². The molecule has 1 rings (SSSR count). The summed E-state index contributed by atoms with van der Waals surface area (Å²) in [6.07, 6.45) is 1.51. The molecule has 18 heavy (non-hydrogen) atoms. The maximum atomic E-state index is 11.1. The van der Waals surface area contributed by atoms with E-state index < -0.39 is 11.9 Å². The van der Waals surface area contributed by atoms with Crippen LogP contribution in [-0.2, 0) is 17.6 Å². The van der Waals surface area contributed by atoms with Gasteiger partial charge in [0.15, 0.2) is 0 Å². The Morgan fingerprint density at radius 2 is 1.78 bits per heavy atom. The van der Waals surface area contributed by atoms with Crippen LogP contribution in [0, 0.1) is 6.92 Å². The van der Waals surface area contributed by atoms with Crippen LogP contribution in [0.4, 0.5) is 0 Å². The molecule has 0 aliphatic heterocycles. The fourth-order valence-corrected chi connectivity index (χ4v) is 1.77. The first-order chi connectivity index (χ1) is 7.97. The molecule has 0 spiro atoms. The Kier molecular flexibility index (Phi) is 6.12. The fraction of sp³-hybridized carbons (Fsp3) is 0.500. The van der Waals surface area contributed by atoms with E-state index in [0.717, 1.165) is 6.42 Å². The van der Waals surface area contributed by atoms with Gasteiger partial charge >= 0.3 is 11.9 Å². The summed E-state index contributed by atoms with van der Waals surface area (Å²) < 4.78 is 5.45. The van der Waals surface area contributed by atoms with Gasteiger partial charge in [0.25, 0.3) is 0 Å². The number of aryl methyl sites for hydroxylation is 2. The van der Waals surface area contributed by atoms with E-state index in [1.165, 1.54) is 0 Å². The highest BCUT2D eigenvalue weighted by atomic mass is 16.4. The number of aliphatic carboxylic acids is 1. The van der Waals surface area contributed by atoms with Gasteiger partial charge in [-0.2, -0.15) is 0 Å². The van der Waals surface area contributed by atoms with Crippen LogP contribution in [0.15, 0.2) is 4.42 Å². The normalized spacial score (nSPS) is 9.89. The van der Waals surface area contributed by atoms with Crippen molar-refractivity contribution in [2.45, 2.75) is 39.5 Å². The first-order valence-corrected chi connectivity index (χ1v) is 5.53. The zero-order chi connectivity index (χ0) is 13.0. The van der Waals surface area contributed by atoms with E-state index in [0.29, 0.717) is 17.7 Å². The molecule has 0 atom stereocenters. The molecule has 6 nitrogen and oxygen atoms in total. The van der Waals surface area contributed by atoms with Gasteiger partial charge in [-0.05, 0) is 13.3 Å². The third-order valence-corrected chi connectivity index (χ3v) is 2.58. The standard InChI is InChI=1S/C12H16O5.H2O/c1-3-4-8-7(2)11(12(15)16)9(17-8)5-6-10(13)14;/h3-6H2,1-2H3,(H,13,14)(H,15,16);1H2. The average molecular weight is 258 g/mol. The maximum absolute atomic E-state index is 11.1. The monoisotopic (exact) mass is 258 g/mol. The zero-order valence-electron chi connectivity index (χ0n) is 10.4. The van der Waals surface area contributed by atoms with Crippen molar-refractivity contribution in [2.24, 2.45) is 0 Å². The van der Waals surface area contributed by atoms with Gasteiger partial charge in [0.2, 0.25) is 0 Å². The van der Waals surface area contributed by atoms with Crippen LogP contribution in [0.25, 0.3) is 0 Å². The third kappa shape index (κ3) is 3.59. The van der Waals surface area contributed by atoms with Crippen LogP contribution < -0.4 is 0 Å². The van der Waals surface area contributed by atoms with Crippen LogP contribution in [0.3, 0.4) is 0 Å². The fourth-order valence-electron chi connectivity index (χ4n) is 1.77. The van der Waals surface area contributed by atoms with Gasteiger partial charge in [0.05, 0.1) is 6.42 Å². The molecule has 0 saturated heterocycles. The Labute approximate surface area is 105 Å². The number of carboxylic acid groups (broad SMARTS) is 2. The number of carbonyl (C=O) groups is 2. The minimum atomic E-state index is -1.06. The van der Waals surface area contributed by atoms with Crippen molar-refractivity contribution in [3.8, 4) is 0 Å². The highest BCUT2D eigenvalue weighted by Gasteiger charge is 2.22. The number of hydrogen-bond donors (Lipinski definition) is 2. The molecular formula is C12H18O6. The molecule has 1 heterocycles. The Bertz CT molecular complexity index is 432. The number of hydrogen-bond acceptors (Lipinski definition) is 3. The minimum absolute atomic E-state index is 0. The average Bonchev–Trinajstić information content (AvgIpc) is 2.53. The molecule has 0 bridgehead atoms. The van der Waals surface area contributed by atoms with Gasteiger partial charge in [0.1, 0.15) is 17.1 Å². The lowest BCUT2D eigenvalue weighted by atomic mass is 10.1. The molecule has 0 unspecified atom stereocenters. The number of aromatic carboxylic acids is 1. The van der Waals surface area contributed by atoms with Crippen molar-refractivity contribution in [1.29, 1.82) is 0 Å². The molecule has 4 N–H and O–H groups in total. The van der Waals surface area contributed by atoms with E-state index in [1.807, 2.05) is 6.92 Å². The summed E-state index contributed by atoms with van der Waals surface area (Å²) in [5, 5.41) is 17.7. The van der Waals surface area contributed by atoms with Crippen molar-refractivity contribution in [1.82, 2.24) is 0 Å². The van der Waals surface area contributed by atoms with Crippen LogP contribution in [0.1, 0.15) is 47.2 Å². The van der Waals surface area contributed by atoms with Crippen LogP contribution in [0.2, 0.25) is 0 Å². The molecule has 0 aliphatic carbocycles. The van der Waals surface area contributed by atoms with E-state index in [-0.39, 0.29) is 29.6 Å². The van der Waals surface area contributed by atoms with Crippen LogP contribution in [-0.4, -0.2) is 27.6 Å². The Morgan fingerprint density at radius 3 is 2.22 bits per heavy atom. The van der Waals surface area contributed by atoms with Gasteiger partial charge in [-0.1, -0.05) is 6.92 Å². The molecule has 0 aromatic carbocycles. The summed E-state index contributed by atoms with van der Waals surface area (Å²) in [6, 6.07) is 0. The highest BCUT2D eigenvalue weighted by molar-refractivity contribution is 5.91. The van der Waals surface area contributed by atoms with E-state index in [9.17, 15) is 9.59 Å². The van der Waals surface area contributed by atoms with Crippen molar-refractivity contribution < 1.29 is 29.7 Å². The number of furan rings is 1. The van der Waals surface area contributed by atoms with Gasteiger partial charge in [-0.25, -0.2) is 4.79 Å². The molecule has 0 saturated carbocycles. The Morgan fingerprint density at radius 1 is 1.17 bits per heavy atom. The summed E-state index contributed by atoms with van der Waals surface area (Å²) in [5.41, 5.74) is 0.731. The zero-order valence-corrected chi connectivity index (χ0v) is 10.4. The van der Waals surface area contributed by atoms with Crippen LogP contribution in [0.5, 0.6) is 0 Å². The summed E-state index contributed by atoms with van der Waals surface area (Å²) in [5.74, 6) is -1.12. The SMILES string of the molecule is CCCc1oc(CCC(=O)O)c(C(=O)O)c1C.O. The second kappa shape index (κ2) is 6.80. The molecule has 0 fully saturated rings. The van der Waals surface area contributed by atoms with Gasteiger partial charge in [0, 0.05) is 18.4 Å². The lowest BCUT2D eigenvalue weighted by molar-refractivity contribution is -0.137. The lowest BCUT2D eigenvalue weighted by Gasteiger charge is -1.96. The van der Waals surface area contributed by atoms with Crippen molar-refractivity contribution in [3.05, 3.63) is 22.6 Å². The maximum Gasteiger partial charge on any atom is 0.339 e. The first kappa shape index (κ1) is 16.2. The number of carboxylic acids is 2. The summed E-state index contributed by atoms with van der Waals surface area (Å²) in [7, 11) is 0. The predicted octanol–water partition coefficient (Wildman–Crippen LogP) is 1.43. The third-order valence-electron chi connectivity index (χ3n) is 2.58. The largest absolute Gasteiger partial charge is 0.481 e. The topological polar surface area (TPSA) is 119 Å². The smallest absolute Gasteiger partial charge is 0.339 e. The molecule has 0 aliphatic rings. The number of rotatable bonds is 6. The second-order valence-electron chi connectivity index (χ2n) is 3.90. The second-order valence-corrected chi connectivity index (χ2v) is 3.90. The summed E-state index contributed by atoms with van der Waals surface area (Å²) in [4.78, 5) is 21.6. The molecule has 6 heteroatoms. The first-order valence-electron chi connectivity index (χ1n) is 5.53.